The molecule has 3 heterocycles. The van der Waals surface area contributed by atoms with E-state index in [0.29, 0.717) is 6.42 Å². The third kappa shape index (κ3) is 3.29. The van der Waals surface area contributed by atoms with E-state index in [1.54, 1.807) is 6.20 Å². The molecular formula is C21H23N3O. The number of aromatic nitrogens is 2. The summed E-state index contributed by atoms with van der Waals surface area (Å²) < 4.78 is 0. The van der Waals surface area contributed by atoms with Gasteiger partial charge in [-0.2, -0.15) is 0 Å². The topological polar surface area (TPSA) is 49.0 Å². The third-order valence-corrected chi connectivity index (χ3v) is 5.18. The Morgan fingerprint density at radius 3 is 3.00 bits per heavy atom. The second kappa shape index (κ2) is 7.09. The van der Waals surface area contributed by atoms with E-state index in [0.717, 1.165) is 36.9 Å². The number of H-pyrrole nitrogens is 1. The van der Waals surface area contributed by atoms with Crippen LogP contribution in [-0.4, -0.2) is 27.3 Å². The van der Waals surface area contributed by atoms with Crippen molar-refractivity contribution in [1.82, 2.24) is 14.9 Å². The van der Waals surface area contributed by atoms with Crippen LogP contribution in [0.1, 0.15) is 42.9 Å². The van der Waals surface area contributed by atoms with Crippen molar-refractivity contribution in [2.24, 2.45) is 0 Å². The monoisotopic (exact) mass is 333 g/mol. The number of pyridine rings is 1. The van der Waals surface area contributed by atoms with Crippen LogP contribution in [0.5, 0.6) is 0 Å². The van der Waals surface area contributed by atoms with Crippen molar-refractivity contribution >= 4 is 16.8 Å². The van der Waals surface area contributed by atoms with Crippen LogP contribution in [0.3, 0.4) is 0 Å². The number of hydrogen-bond acceptors (Lipinski definition) is 2. The van der Waals surface area contributed by atoms with Crippen molar-refractivity contribution in [3.63, 3.8) is 0 Å². The van der Waals surface area contributed by atoms with Crippen molar-refractivity contribution in [2.75, 3.05) is 6.54 Å². The first-order valence-corrected chi connectivity index (χ1v) is 9.07. The van der Waals surface area contributed by atoms with Gasteiger partial charge in [0.25, 0.3) is 0 Å². The van der Waals surface area contributed by atoms with E-state index < -0.39 is 0 Å². The zero-order valence-electron chi connectivity index (χ0n) is 14.3. The lowest BCUT2D eigenvalue weighted by Gasteiger charge is -2.36. The maximum atomic E-state index is 12.9. The Labute approximate surface area is 147 Å². The molecule has 1 saturated heterocycles. The number of fused-ring (bicyclic) bond motifs is 1. The maximum absolute atomic E-state index is 12.9. The number of benzene rings is 1. The molecular weight excluding hydrogens is 310 g/mol. The van der Waals surface area contributed by atoms with Crippen LogP contribution < -0.4 is 0 Å². The Hall–Kier alpha value is -2.62. The summed E-state index contributed by atoms with van der Waals surface area (Å²) in [6, 6.07) is 12.5. The molecule has 0 bridgehead atoms. The summed E-state index contributed by atoms with van der Waals surface area (Å²) >= 11 is 0. The largest absolute Gasteiger partial charge is 0.361 e. The molecule has 0 spiro atoms. The molecule has 1 aromatic carbocycles. The summed E-state index contributed by atoms with van der Waals surface area (Å²) in [5, 5.41) is 1.22. The van der Waals surface area contributed by atoms with Crippen LogP contribution in [0.2, 0.25) is 0 Å². The highest BCUT2D eigenvalue weighted by atomic mass is 16.2. The number of likely N-dealkylation sites (tertiary alicyclic amines) is 1. The van der Waals surface area contributed by atoms with Gasteiger partial charge in [0.2, 0.25) is 5.91 Å². The third-order valence-electron chi connectivity index (χ3n) is 5.18. The summed E-state index contributed by atoms with van der Waals surface area (Å²) in [4.78, 5) is 22.5. The molecule has 1 aliphatic heterocycles. The van der Waals surface area contributed by atoms with Gasteiger partial charge in [0.05, 0.1) is 6.04 Å². The minimum Gasteiger partial charge on any atom is -0.361 e. The first-order valence-electron chi connectivity index (χ1n) is 9.07. The second-order valence-electron chi connectivity index (χ2n) is 6.74. The van der Waals surface area contributed by atoms with E-state index in [2.05, 4.69) is 33.1 Å². The highest BCUT2D eigenvalue weighted by molar-refractivity contribution is 5.84. The number of para-hydroxylation sites is 1. The molecule has 2 aromatic heterocycles. The van der Waals surface area contributed by atoms with E-state index >= 15 is 0 Å². The standard InChI is InChI=1S/C21H23N3O/c25-21(11-10-16-15-23-19-8-2-1-7-18(16)19)24-13-4-3-9-20(24)17-6-5-12-22-14-17/h1-2,5-8,12,14-15,20,23H,3-4,9-11,13H2/t20-/m1/s1. The predicted molar refractivity (Wildman–Crippen MR) is 99.2 cm³/mol. The van der Waals surface area contributed by atoms with Crippen molar-refractivity contribution in [2.45, 2.75) is 38.1 Å². The second-order valence-corrected chi connectivity index (χ2v) is 6.74. The number of amides is 1. The maximum Gasteiger partial charge on any atom is 0.223 e. The van der Waals surface area contributed by atoms with Crippen molar-refractivity contribution in [3.05, 3.63) is 66.1 Å². The zero-order chi connectivity index (χ0) is 17.1. The molecule has 1 fully saturated rings. The van der Waals surface area contributed by atoms with Crippen molar-refractivity contribution in [3.8, 4) is 0 Å². The van der Waals surface area contributed by atoms with E-state index in [1.165, 1.54) is 17.4 Å². The first kappa shape index (κ1) is 15.9. The molecule has 1 aliphatic rings. The van der Waals surface area contributed by atoms with E-state index in [4.69, 9.17) is 0 Å². The Morgan fingerprint density at radius 2 is 2.12 bits per heavy atom. The summed E-state index contributed by atoms with van der Waals surface area (Å²) in [6.07, 6.45) is 10.3. The molecule has 4 nitrogen and oxygen atoms in total. The van der Waals surface area contributed by atoms with Gasteiger partial charge in [-0.15, -0.1) is 0 Å². The van der Waals surface area contributed by atoms with E-state index in [9.17, 15) is 4.79 Å². The van der Waals surface area contributed by atoms with Gasteiger partial charge in [-0.05, 0) is 48.9 Å². The van der Waals surface area contributed by atoms with Crippen LogP contribution in [0.25, 0.3) is 10.9 Å². The lowest BCUT2D eigenvalue weighted by Crippen LogP contribution is -2.38. The van der Waals surface area contributed by atoms with Gasteiger partial charge in [-0.3, -0.25) is 9.78 Å². The average Bonchev–Trinajstić information content (AvgIpc) is 3.10. The number of nitrogens with zero attached hydrogens (tertiary/aromatic N) is 2. The number of aryl methyl sites for hydroxylation is 1. The lowest BCUT2D eigenvalue weighted by molar-refractivity contribution is -0.135. The molecule has 0 saturated carbocycles. The molecule has 0 aliphatic carbocycles. The van der Waals surface area contributed by atoms with Crippen LogP contribution in [0, 0.1) is 0 Å². The molecule has 1 atom stereocenters. The highest BCUT2D eigenvalue weighted by Crippen LogP contribution is 2.31. The summed E-state index contributed by atoms with van der Waals surface area (Å²) in [5.41, 5.74) is 3.51. The fourth-order valence-corrected chi connectivity index (χ4v) is 3.87. The van der Waals surface area contributed by atoms with Gasteiger partial charge in [0.15, 0.2) is 0 Å². The quantitative estimate of drug-likeness (QED) is 0.776. The van der Waals surface area contributed by atoms with Crippen LogP contribution in [0.15, 0.2) is 55.0 Å². The molecule has 1 amide bonds. The van der Waals surface area contributed by atoms with E-state index in [1.807, 2.05) is 30.6 Å². The molecule has 0 radical (unpaired) electrons. The van der Waals surface area contributed by atoms with Crippen molar-refractivity contribution in [1.29, 1.82) is 0 Å². The average molecular weight is 333 g/mol. The SMILES string of the molecule is O=C(CCc1c[nH]c2ccccc12)N1CCCC[C@@H]1c1cccnc1. The smallest absolute Gasteiger partial charge is 0.223 e. The van der Waals surface area contributed by atoms with Gasteiger partial charge < -0.3 is 9.88 Å². The number of rotatable bonds is 4. The van der Waals surface area contributed by atoms with Gasteiger partial charge in [-0.1, -0.05) is 24.3 Å². The van der Waals surface area contributed by atoms with Crippen LogP contribution in [-0.2, 0) is 11.2 Å². The van der Waals surface area contributed by atoms with Gasteiger partial charge in [0.1, 0.15) is 0 Å². The fourth-order valence-electron chi connectivity index (χ4n) is 3.87. The Kier molecular flexibility index (Phi) is 4.51. The van der Waals surface area contributed by atoms with E-state index in [-0.39, 0.29) is 11.9 Å². The predicted octanol–water partition coefficient (Wildman–Crippen LogP) is 4.25. The normalized spacial score (nSPS) is 17.8. The molecule has 4 rings (SSSR count). The number of piperidine rings is 1. The lowest BCUT2D eigenvalue weighted by atomic mass is 9.95. The van der Waals surface area contributed by atoms with Gasteiger partial charge in [-0.25, -0.2) is 0 Å². The Bertz CT molecular complexity index is 856. The first-order chi connectivity index (χ1) is 12.3. The minimum absolute atomic E-state index is 0.179. The highest BCUT2D eigenvalue weighted by Gasteiger charge is 2.27. The molecule has 4 heteroatoms. The van der Waals surface area contributed by atoms with Gasteiger partial charge in [0, 0.05) is 42.5 Å². The van der Waals surface area contributed by atoms with Crippen LogP contribution in [0.4, 0.5) is 0 Å². The van der Waals surface area contributed by atoms with Gasteiger partial charge >= 0.3 is 0 Å². The molecule has 128 valence electrons. The number of aromatic amines is 1. The molecule has 0 unspecified atom stereocenters. The summed E-state index contributed by atoms with van der Waals surface area (Å²) in [6.45, 7) is 0.853. The summed E-state index contributed by atoms with van der Waals surface area (Å²) in [5.74, 6) is 0.249. The Morgan fingerprint density at radius 1 is 1.20 bits per heavy atom. The molecule has 25 heavy (non-hydrogen) atoms. The van der Waals surface area contributed by atoms with Crippen molar-refractivity contribution < 1.29 is 4.79 Å². The number of hydrogen-bond donors (Lipinski definition) is 1. The summed E-state index contributed by atoms with van der Waals surface area (Å²) in [7, 11) is 0. The number of nitrogens with one attached hydrogen (secondary N) is 1. The Balaban J connectivity index is 1.47. The number of carbonyl (C=O) groups is 1. The molecule has 1 N–H and O–H groups in total. The minimum atomic E-state index is 0.179. The zero-order valence-corrected chi connectivity index (χ0v) is 14.3. The molecule has 3 aromatic rings. The van der Waals surface area contributed by atoms with Crippen LogP contribution >= 0.6 is 0 Å². The fraction of sp³-hybridized carbons (Fsp3) is 0.333. The number of carbonyl (C=O) groups excluding carboxylic acids is 1.